The van der Waals surface area contributed by atoms with Crippen molar-refractivity contribution in [1.82, 2.24) is 0 Å². The Kier molecular flexibility index (Phi) is 4.94. The van der Waals surface area contributed by atoms with Crippen molar-refractivity contribution in [2.24, 2.45) is 5.92 Å². The Bertz CT molecular complexity index is 892. The second-order valence-electron chi connectivity index (χ2n) is 7.50. The first kappa shape index (κ1) is 18.3. The number of rotatable bonds is 4. The van der Waals surface area contributed by atoms with E-state index in [2.05, 4.69) is 19.2 Å². The standard InChI is InChI=1S/C22H24N2O4/c1-14(2)15-3-6-18(7-4-15)24-13-16(11-21(24)25)22(26)23-17-5-8-19-20(12-17)28-10-9-27-19/h3-8,12,14,16H,9-11,13H2,1-2H3,(H,23,26). The molecule has 2 aromatic carbocycles. The second kappa shape index (κ2) is 7.54. The van der Waals surface area contributed by atoms with E-state index in [4.69, 9.17) is 9.47 Å². The molecule has 1 fully saturated rings. The summed E-state index contributed by atoms with van der Waals surface area (Å²) in [5.41, 5.74) is 2.70. The van der Waals surface area contributed by atoms with Gasteiger partial charge in [-0.3, -0.25) is 9.59 Å². The predicted molar refractivity (Wildman–Crippen MR) is 107 cm³/mol. The average Bonchev–Trinajstić information content (AvgIpc) is 3.10. The minimum Gasteiger partial charge on any atom is -0.486 e. The smallest absolute Gasteiger partial charge is 0.229 e. The van der Waals surface area contributed by atoms with Crippen LogP contribution in [0.5, 0.6) is 11.5 Å². The number of nitrogens with zero attached hydrogens (tertiary/aromatic N) is 1. The molecule has 4 rings (SSSR count). The molecule has 2 heterocycles. The highest BCUT2D eigenvalue weighted by Crippen LogP contribution is 2.33. The molecule has 1 atom stereocenters. The SMILES string of the molecule is CC(C)c1ccc(N2CC(C(=O)Nc3ccc4c(c3)OCCO4)CC2=O)cc1. The second-order valence-corrected chi connectivity index (χ2v) is 7.50. The summed E-state index contributed by atoms with van der Waals surface area (Å²) < 4.78 is 11.0. The van der Waals surface area contributed by atoms with E-state index in [1.165, 1.54) is 5.56 Å². The molecule has 2 aromatic rings. The summed E-state index contributed by atoms with van der Waals surface area (Å²) in [7, 11) is 0. The third kappa shape index (κ3) is 3.67. The van der Waals surface area contributed by atoms with Crippen molar-refractivity contribution in [3.63, 3.8) is 0 Å². The largest absolute Gasteiger partial charge is 0.486 e. The van der Waals surface area contributed by atoms with Crippen LogP contribution in [0, 0.1) is 5.92 Å². The number of amides is 2. The molecular formula is C22H24N2O4. The van der Waals surface area contributed by atoms with Crippen molar-refractivity contribution in [2.45, 2.75) is 26.2 Å². The van der Waals surface area contributed by atoms with E-state index in [0.717, 1.165) is 5.69 Å². The molecule has 1 N–H and O–H groups in total. The molecule has 0 saturated carbocycles. The van der Waals surface area contributed by atoms with Gasteiger partial charge in [-0.1, -0.05) is 26.0 Å². The molecule has 2 aliphatic heterocycles. The Morgan fingerprint density at radius 1 is 1.07 bits per heavy atom. The van der Waals surface area contributed by atoms with Crippen LogP contribution in [0.2, 0.25) is 0 Å². The Morgan fingerprint density at radius 2 is 1.79 bits per heavy atom. The number of nitrogens with one attached hydrogen (secondary N) is 1. The topological polar surface area (TPSA) is 67.9 Å². The van der Waals surface area contributed by atoms with Crippen molar-refractivity contribution in [3.8, 4) is 11.5 Å². The number of benzene rings is 2. The van der Waals surface area contributed by atoms with Crippen molar-refractivity contribution in [1.29, 1.82) is 0 Å². The van der Waals surface area contributed by atoms with Gasteiger partial charge in [-0.2, -0.15) is 0 Å². The minimum atomic E-state index is -0.384. The summed E-state index contributed by atoms with van der Waals surface area (Å²) in [6.07, 6.45) is 0.211. The molecular weight excluding hydrogens is 356 g/mol. The summed E-state index contributed by atoms with van der Waals surface area (Å²) in [5, 5.41) is 2.90. The molecule has 1 saturated heterocycles. The van der Waals surface area contributed by atoms with E-state index in [0.29, 0.717) is 42.9 Å². The van der Waals surface area contributed by atoms with Crippen molar-refractivity contribution < 1.29 is 19.1 Å². The van der Waals surface area contributed by atoms with Crippen LogP contribution in [0.15, 0.2) is 42.5 Å². The lowest BCUT2D eigenvalue weighted by Gasteiger charge is -2.20. The minimum absolute atomic E-state index is 0.0281. The van der Waals surface area contributed by atoms with Gasteiger partial charge in [-0.25, -0.2) is 0 Å². The first-order valence-corrected chi connectivity index (χ1v) is 9.62. The van der Waals surface area contributed by atoms with Crippen LogP contribution >= 0.6 is 0 Å². The number of ether oxygens (including phenoxy) is 2. The normalized spacial score (nSPS) is 18.5. The van der Waals surface area contributed by atoms with E-state index < -0.39 is 0 Å². The molecule has 0 aliphatic carbocycles. The van der Waals surface area contributed by atoms with Crippen molar-refractivity contribution in [2.75, 3.05) is 30.0 Å². The molecule has 146 valence electrons. The summed E-state index contributed by atoms with van der Waals surface area (Å²) >= 11 is 0. The maximum absolute atomic E-state index is 12.7. The first-order valence-electron chi connectivity index (χ1n) is 9.62. The highest BCUT2D eigenvalue weighted by molar-refractivity contribution is 6.03. The Hall–Kier alpha value is -3.02. The summed E-state index contributed by atoms with van der Waals surface area (Å²) in [4.78, 5) is 26.8. The average molecular weight is 380 g/mol. The van der Waals surface area contributed by atoms with Crippen LogP contribution in [0.4, 0.5) is 11.4 Å². The van der Waals surface area contributed by atoms with E-state index in [1.807, 2.05) is 24.3 Å². The Labute approximate surface area is 164 Å². The molecule has 6 nitrogen and oxygen atoms in total. The van der Waals surface area contributed by atoms with Gasteiger partial charge in [0.1, 0.15) is 13.2 Å². The zero-order chi connectivity index (χ0) is 19.7. The number of fused-ring (bicyclic) bond motifs is 1. The van der Waals surface area contributed by atoms with Gasteiger partial charge in [0.25, 0.3) is 0 Å². The Balaban J connectivity index is 1.42. The van der Waals surface area contributed by atoms with Crippen molar-refractivity contribution in [3.05, 3.63) is 48.0 Å². The molecule has 2 aliphatic rings. The van der Waals surface area contributed by atoms with Gasteiger partial charge in [-0.05, 0) is 35.7 Å². The van der Waals surface area contributed by atoms with E-state index >= 15 is 0 Å². The third-order valence-electron chi connectivity index (χ3n) is 5.18. The zero-order valence-corrected chi connectivity index (χ0v) is 16.1. The molecule has 6 heteroatoms. The molecule has 0 aromatic heterocycles. The van der Waals surface area contributed by atoms with Crippen LogP contribution in [0.3, 0.4) is 0 Å². The fourth-order valence-electron chi connectivity index (χ4n) is 3.54. The third-order valence-corrected chi connectivity index (χ3v) is 5.18. The predicted octanol–water partition coefficient (Wildman–Crippen LogP) is 3.57. The van der Waals surface area contributed by atoms with Gasteiger partial charge in [0.15, 0.2) is 11.5 Å². The van der Waals surface area contributed by atoms with E-state index in [1.54, 1.807) is 23.1 Å². The van der Waals surface area contributed by atoms with E-state index in [9.17, 15) is 9.59 Å². The van der Waals surface area contributed by atoms with Gasteiger partial charge in [0.05, 0.1) is 5.92 Å². The van der Waals surface area contributed by atoms with Crippen LogP contribution in [-0.4, -0.2) is 31.6 Å². The van der Waals surface area contributed by atoms with Gasteiger partial charge in [0, 0.05) is 30.4 Å². The lowest BCUT2D eigenvalue weighted by molar-refractivity contribution is -0.122. The Morgan fingerprint density at radius 3 is 2.50 bits per heavy atom. The lowest BCUT2D eigenvalue weighted by atomic mass is 10.0. The quantitative estimate of drug-likeness (QED) is 0.880. The van der Waals surface area contributed by atoms with Gasteiger partial charge in [-0.15, -0.1) is 0 Å². The number of hydrogen-bond donors (Lipinski definition) is 1. The number of hydrogen-bond acceptors (Lipinski definition) is 4. The molecule has 1 unspecified atom stereocenters. The maximum atomic E-state index is 12.7. The molecule has 2 amide bonds. The van der Waals surface area contributed by atoms with Crippen LogP contribution < -0.4 is 19.7 Å². The van der Waals surface area contributed by atoms with Gasteiger partial charge >= 0.3 is 0 Å². The highest BCUT2D eigenvalue weighted by Gasteiger charge is 2.35. The fourth-order valence-corrected chi connectivity index (χ4v) is 3.54. The van der Waals surface area contributed by atoms with Crippen LogP contribution in [0.1, 0.15) is 31.7 Å². The first-order chi connectivity index (χ1) is 13.5. The van der Waals surface area contributed by atoms with Crippen LogP contribution in [0.25, 0.3) is 0 Å². The number of carbonyl (C=O) groups excluding carboxylic acids is 2. The fraction of sp³-hybridized carbons (Fsp3) is 0.364. The summed E-state index contributed by atoms with van der Waals surface area (Å²) in [5.74, 6) is 1.17. The van der Waals surface area contributed by atoms with E-state index in [-0.39, 0.29) is 24.2 Å². The highest BCUT2D eigenvalue weighted by atomic mass is 16.6. The van der Waals surface area contributed by atoms with Gasteiger partial charge < -0.3 is 19.7 Å². The molecule has 0 bridgehead atoms. The number of anilines is 2. The molecule has 0 radical (unpaired) electrons. The van der Waals surface area contributed by atoms with Crippen LogP contribution in [-0.2, 0) is 9.59 Å². The maximum Gasteiger partial charge on any atom is 0.229 e. The number of carbonyl (C=O) groups is 2. The summed E-state index contributed by atoms with van der Waals surface area (Å²) in [6.45, 7) is 5.67. The molecule has 0 spiro atoms. The monoisotopic (exact) mass is 380 g/mol. The zero-order valence-electron chi connectivity index (χ0n) is 16.1. The lowest BCUT2D eigenvalue weighted by Crippen LogP contribution is -2.28. The molecule has 28 heavy (non-hydrogen) atoms. The van der Waals surface area contributed by atoms with Crippen molar-refractivity contribution >= 4 is 23.2 Å². The van der Waals surface area contributed by atoms with Gasteiger partial charge in [0.2, 0.25) is 11.8 Å². The summed E-state index contributed by atoms with van der Waals surface area (Å²) in [6, 6.07) is 13.3.